The fourth-order valence-electron chi connectivity index (χ4n) is 8.65. The van der Waals surface area contributed by atoms with Crippen LogP contribution in [0.4, 0.5) is 32.8 Å². The quantitative estimate of drug-likeness (QED) is 0.0247. The summed E-state index contributed by atoms with van der Waals surface area (Å²) in [7, 11) is -2.31. The van der Waals surface area contributed by atoms with Crippen LogP contribution in [0, 0.1) is 32.9 Å². The minimum absolute atomic E-state index is 0. The number of halogens is 5. The van der Waals surface area contributed by atoms with Crippen molar-refractivity contribution in [3.05, 3.63) is 282 Å². The molecule has 8 heterocycles. The summed E-state index contributed by atoms with van der Waals surface area (Å²) in [5.74, 6) is 3.90. The van der Waals surface area contributed by atoms with Gasteiger partial charge in [-0.2, -0.15) is 0 Å². The molecular weight excluding hydrogens is 1740 g/mol. The summed E-state index contributed by atoms with van der Waals surface area (Å²) in [6, 6.07) is 41.7. The number of aliphatic hydroxyl groups excluding tert-OH is 1. The molecule has 3 radical (unpaired) electrons. The van der Waals surface area contributed by atoms with Gasteiger partial charge in [0.25, 0.3) is 6.47 Å². The van der Waals surface area contributed by atoms with E-state index < -0.39 is 39.7 Å². The molecule has 0 aliphatic carbocycles. The number of hydrogen-bond donors (Lipinski definition) is 4. The van der Waals surface area contributed by atoms with Gasteiger partial charge in [-0.05, 0) is 183 Å². The number of aromatic hydroxyl groups is 1. The summed E-state index contributed by atoms with van der Waals surface area (Å²) in [6.07, 6.45) is 9.41. The van der Waals surface area contributed by atoms with Gasteiger partial charge in [-0.1, -0.05) is 82.6 Å². The molecule has 5 aromatic heterocycles. The average Bonchev–Trinajstić information content (AvgIpc) is 1.62. The Labute approximate surface area is 813 Å². The Kier molecular flexibility index (Phi) is 56.4. The van der Waals surface area contributed by atoms with E-state index in [1.807, 2.05) is 39.8 Å². The van der Waals surface area contributed by atoms with Crippen molar-refractivity contribution in [1.29, 1.82) is 0 Å². The molecular formula is C76H71B4Br2Cl2FK2N10NaO18. The van der Waals surface area contributed by atoms with Crippen molar-refractivity contribution >= 4 is 156 Å². The van der Waals surface area contributed by atoms with E-state index in [1.54, 1.807) is 127 Å². The first-order valence-corrected chi connectivity index (χ1v) is 32.9. The molecule has 0 saturated carbocycles. The van der Waals surface area contributed by atoms with Gasteiger partial charge in [0.05, 0.1) is 65.8 Å². The molecule has 3 aliphatic heterocycles. The number of hydrogen-bond acceptors (Lipinski definition) is 23. The molecule has 4 N–H and O–H groups in total. The number of carbonyl (C=O) groups is 4. The molecule has 583 valence electrons. The zero-order chi connectivity index (χ0) is 80.8. The van der Waals surface area contributed by atoms with Crippen LogP contribution in [0.3, 0.4) is 0 Å². The second kappa shape index (κ2) is 59.2. The largest absolute Gasteiger partial charge is 1.00 e. The van der Waals surface area contributed by atoms with Crippen molar-refractivity contribution in [3.8, 4) is 52.3 Å². The summed E-state index contributed by atoms with van der Waals surface area (Å²) in [4.78, 5) is 79.9. The summed E-state index contributed by atoms with van der Waals surface area (Å²) in [5.41, 5.74) is 6.76. The summed E-state index contributed by atoms with van der Waals surface area (Å²) >= 11 is 11.9. The van der Waals surface area contributed by atoms with Crippen molar-refractivity contribution in [3.63, 3.8) is 0 Å². The number of benzene rings is 5. The fraction of sp³-hybridized carbons (Fsp3) is 0.158. The minimum atomic E-state index is -1.00. The Morgan fingerprint density at radius 3 is 1.11 bits per heavy atom. The van der Waals surface area contributed by atoms with E-state index in [2.05, 4.69) is 85.9 Å². The number of phenolic OH excluding ortho intramolecular Hbond substituents is 1. The number of phenols is 1. The van der Waals surface area contributed by atoms with Gasteiger partial charge in [0.15, 0.2) is 12.6 Å². The molecule has 13 rings (SSSR count). The normalized spacial score (nSPS) is 11.5. The zero-order valence-corrected chi connectivity index (χ0v) is 74.9. The Morgan fingerprint density at radius 2 is 0.819 bits per heavy atom. The van der Waals surface area contributed by atoms with Crippen molar-refractivity contribution in [1.82, 2.24) is 24.9 Å². The van der Waals surface area contributed by atoms with Crippen LogP contribution >= 0.6 is 55.9 Å². The van der Waals surface area contributed by atoms with Crippen molar-refractivity contribution in [2.45, 2.75) is 67.0 Å². The van der Waals surface area contributed by atoms with Gasteiger partial charge in [0.2, 0.25) is 52.0 Å². The van der Waals surface area contributed by atoms with E-state index in [0.717, 1.165) is 41.7 Å². The maximum Gasteiger partial charge on any atom is 1.00 e. The van der Waals surface area contributed by atoms with Gasteiger partial charge < -0.3 is 70.8 Å². The van der Waals surface area contributed by atoms with Crippen LogP contribution in [0.2, 0.25) is 5.15 Å². The molecule has 1 saturated heterocycles. The predicted octanol–water partition coefficient (Wildman–Crippen LogP) is 6.25. The average molecular weight is 1810 g/mol. The first kappa shape index (κ1) is 111. The number of aromatic nitrogens is 5. The number of pyridine rings is 5. The van der Waals surface area contributed by atoms with E-state index in [4.69, 9.17) is 104 Å². The summed E-state index contributed by atoms with van der Waals surface area (Å²) < 4.78 is 61.5. The molecule has 40 heteroatoms. The number of alkyl halides is 1. The summed E-state index contributed by atoms with van der Waals surface area (Å²) in [5, 5.41) is 43.8. The smallest absolute Gasteiger partial charge is 1.00 e. The molecule has 0 amide bonds. The molecule has 116 heavy (non-hydrogen) atoms. The molecule has 28 nitrogen and oxygen atoms in total. The van der Waals surface area contributed by atoms with E-state index >= 15 is 0 Å². The molecule has 0 unspecified atom stereocenters. The van der Waals surface area contributed by atoms with Gasteiger partial charge in [-0.3, -0.25) is 28.6 Å². The van der Waals surface area contributed by atoms with Crippen LogP contribution in [-0.2, 0) is 41.5 Å². The van der Waals surface area contributed by atoms with Crippen molar-refractivity contribution in [2.75, 3.05) is 14.3 Å². The second-order valence-electron chi connectivity index (χ2n) is 22.1. The van der Waals surface area contributed by atoms with E-state index in [1.165, 1.54) is 43.1 Å². The molecule has 5 aromatic carbocycles. The zero-order valence-electron chi connectivity index (χ0n) is 65.0. The monoisotopic (exact) mass is 1800 g/mol. The first-order valence-electron chi connectivity index (χ1n) is 31.7. The van der Waals surface area contributed by atoms with Crippen molar-refractivity contribution in [2.24, 2.45) is 0 Å². The SMILES string of the molecule is C.C.CO.Cl.O=CO[O-].O=Cc1cc(O)ccc1Br.[2H]CF.[B].[C-]#[N+]c1ccc(Cl)nc1.[C-]#[N+]c1ccc(Oc2ccc(B3OC(C)(C)C(C)(C)O3)c(C=O)c2)nc1.[C-]#[N+]c1ccc(Oc2ccc(Br)c(C=O)c2)nc1.[C-]#[N+]c1ccc(Oc2ccc3c(c2)COB3O)nc1.[C-]#[N+]c1ccc(Oc2ccc3c(c2)COB3O)nc1.[H-].[H-].[K+].[K+].[Na+]. The van der Waals surface area contributed by atoms with Crippen LogP contribution < -0.4 is 173 Å². The third-order valence-electron chi connectivity index (χ3n) is 14.6. The Balaban J connectivity index is -0.000000431. The molecule has 0 bridgehead atoms. The van der Waals surface area contributed by atoms with Crippen LogP contribution in [0.25, 0.3) is 24.2 Å². The maximum atomic E-state index is 11.6. The van der Waals surface area contributed by atoms with E-state index in [9.17, 15) is 28.8 Å². The number of aldehydes is 3. The third-order valence-corrected chi connectivity index (χ3v) is 16.3. The van der Waals surface area contributed by atoms with E-state index in [0.29, 0.717) is 131 Å². The van der Waals surface area contributed by atoms with Gasteiger partial charge in [-0.15, -0.1) is 12.4 Å². The Hall–Kier alpha value is -7.54. The van der Waals surface area contributed by atoms with Crippen LogP contribution in [0.1, 0.15) is 89.0 Å². The maximum absolute atomic E-state index is 11.6. The topological polar surface area (TPSA) is 342 Å². The van der Waals surface area contributed by atoms with Gasteiger partial charge in [0, 0.05) is 72.1 Å². The number of carbonyl (C=O) groups excluding carboxylic acids is 4. The fourth-order valence-corrected chi connectivity index (χ4v) is 9.45. The minimum Gasteiger partial charge on any atom is -1.00 e. The van der Waals surface area contributed by atoms with E-state index in [-0.39, 0.29) is 183 Å². The Morgan fingerprint density at radius 1 is 0.526 bits per heavy atom. The van der Waals surface area contributed by atoms with Gasteiger partial charge in [0.1, 0.15) is 40.2 Å². The number of nitrogens with zero attached hydrogens (tertiary/aromatic N) is 10. The standard InChI is InChI=1S/C19H19BN2O4.2C13H9BN2O3.C13H7BrN2O2.C7H5BrO2.C6H3ClN2.CH3F.CH2O3.CH4O.2CH4.B.ClH.2K.Na.2H/c1-18(2)19(3,4)26-20(25-18)16-8-7-15(10-13(16)12-23)24-17-9-6-14(21-5)11-22-17;2*1-15-10-2-5-13(16-7-10)19-11-3-4-12-9(6-11)8-18-14(12)17;1-15-10-2-5-13(16-7-10)18-11-3-4-12(14)9(6-11)8-17;8-7-2-1-6(10)3-5(7)4-9;1-8-5-2-3-6(7)9-4-5;1-2;2-1-4-3;1-2;;;;;;;;;/h6-12H,1-4H3;2*2-7,17H,8H2;2-8H;1-4,10H;2-4H;1H3;1,3H;2H,1H3;2*1H4;;1H;;;;;/q;;;;;;;;;;;;;3*+1;2*-1/p-1/i;;;;;;1D;;;;;;;;;;;. The van der Waals surface area contributed by atoms with Crippen LogP contribution in [0.5, 0.6) is 52.3 Å². The van der Waals surface area contributed by atoms with Crippen LogP contribution in [0.15, 0.2) is 192 Å². The number of ether oxygens (including phenoxy) is 4. The first-order chi connectivity index (χ1) is 52.9. The predicted molar refractivity (Wildman–Crippen MR) is 435 cm³/mol. The van der Waals surface area contributed by atoms with Crippen molar-refractivity contribution < 1.29 is 228 Å². The number of rotatable bonds is 13. The van der Waals surface area contributed by atoms with Gasteiger partial charge >= 0.3 is 154 Å². The third kappa shape index (κ3) is 36.0. The van der Waals surface area contributed by atoms with Gasteiger partial charge in [-0.25, -0.2) is 44.2 Å². The Bertz CT molecular complexity index is 4850. The molecule has 0 spiro atoms. The second-order valence-corrected chi connectivity index (χ2v) is 24.2. The molecule has 1 fully saturated rings. The van der Waals surface area contributed by atoms with Crippen LogP contribution in [-0.4, -0.2) is 126 Å². The molecule has 10 aromatic rings. The number of aliphatic hydroxyl groups is 1. The number of fused-ring (bicyclic) bond motifs is 2. The molecule has 0 atom stereocenters. The summed E-state index contributed by atoms with van der Waals surface area (Å²) in [6.45, 7) is 42.4. The molecule has 3 aliphatic rings.